The van der Waals surface area contributed by atoms with Gasteiger partial charge in [0.05, 0.1) is 12.7 Å². The highest BCUT2D eigenvalue weighted by molar-refractivity contribution is 5.80. The highest BCUT2D eigenvalue weighted by Crippen LogP contribution is 2.14. The number of nitrogens with one attached hydrogen (secondary N) is 1. The molecule has 2 aliphatic heterocycles. The van der Waals surface area contributed by atoms with E-state index in [2.05, 4.69) is 67.2 Å². The summed E-state index contributed by atoms with van der Waals surface area (Å²) >= 11 is 0. The van der Waals surface area contributed by atoms with E-state index >= 15 is 0 Å². The van der Waals surface area contributed by atoms with Crippen LogP contribution in [0.5, 0.6) is 0 Å². The van der Waals surface area contributed by atoms with E-state index in [0.717, 1.165) is 70.7 Å². The maximum absolute atomic E-state index is 5.66. The number of morpholine rings is 1. The molecule has 2 saturated heterocycles. The molecule has 2 fully saturated rings. The van der Waals surface area contributed by atoms with Gasteiger partial charge < -0.3 is 19.9 Å². The number of guanidine groups is 1. The molecule has 1 N–H and O–H groups in total. The second kappa shape index (κ2) is 10.6. The predicted molar refractivity (Wildman–Crippen MR) is 125 cm³/mol. The Morgan fingerprint density at radius 2 is 1.94 bits per heavy atom. The third kappa shape index (κ3) is 5.95. The van der Waals surface area contributed by atoms with Gasteiger partial charge in [-0.1, -0.05) is 30.3 Å². The number of benzene rings is 1. The average Bonchev–Trinajstić information content (AvgIpc) is 2.81. The average molecular weight is 423 g/mol. The number of hydrogen-bond acceptors (Lipinski definition) is 5. The Kier molecular flexibility index (Phi) is 7.38. The molecule has 0 aliphatic carbocycles. The fraction of sp³-hybridized carbons (Fsp3) is 0.500. The number of aliphatic imine (C=N–C) groups is 1. The third-order valence-corrected chi connectivity index (χ3v) is 5.94. The Bertz CT molecular complexity index is 850. The van der Waals surface area contributed by atoms with Crippen molar-refractivity contribution in [1.29, 1.82) is 0 Å². The van der Waals surface area contributed by atoms with Gasteiger partial charge in [-0.3, -0.25) is 9.89 Å². The van der Waals surface area contributed by atoms with Crippen LogP contribution in [-0.2, 0) is 17.8 Å². The molecule has 31 heavy (non-hydrogen) atoms. The molecule has 1 aromatic carbocycles. The van der Waals surface area contributed by atoms with Crippen molar-refractivity contribution in [3.63, 3.8) is 0 Å². The number of nitrogens with zero attached hydrogens (tertiary/aromatic N) is 5. The van der Waals surface area contributed by atoms with Crippen LogP contribution < -0.4 is 10.2 Å². The molecule has 0 radical (unpaired) electrons. The highest BCUT2D eigenvalue weighted by atomic mass is 16.5. The molecule has 1 unspecified atom stereocenters. The van der Waals surface area contributed by atoms with E-state index in [1.54, 1.807) is 0 Å². The van der Waals surface area contributed by atoms with Crippen LogP contribution in [0.1, 0.15) is 18.1 Å². The number of rotatable bonds is 5. The first-order valence-electron chi connectivity index (χ1n) is 11.2. The van der Waals surface area contributed by atoms with Crippen molar-refractivity contribution in [2.75, 3.05) is 57.8 Å². The molecule has 166 valence electrons. The summed E-state index contributed by atoms with van der Waals surface area (Å²) in [6.07, 6.45) is 2.18. The summed E-state index contributed by atoms with van der Waals surface area (Å²) in [5.41, 5.74) is 2.64. The summed E-state index contributed by atoms with van der Waals surface area (Å²) in [5, 5.41) is 3.56. The maximum Gasteiger partial charge on any atom is 0.194 e. The van der Waals surface area contributed by atoms with Crippen LogP contribution in [0.15, 0.2) is 53.7 Å². The number of pyridine rings is 1. The lowest BCUT2D eigenvalue weighted by Gasteiger charge is -2.37. The topological polar surface area (TPSA) is 56.2 Å². The van der Waals surface area contributed by atoms with Crippen molar-refractivity contribution in [3.05, 3.63) is 59.8 Å². The first kappa shape index (κ1) is 21.6. The molecule has 7 heteroatoms. The Morgan fingerprint density at radius 1 is 1.10 bits per heavy atom. The van der Waals surface area contributed by atoms with Crippen LogP contribution in [0.3, 0.4) is 0 Å². The molecule has 2 aliphatic rings. The van der Waals surface area contributed by atoms with Crippen LogP contribution in [0.25, 0.3) is 0 Å². The molecule has 4 rings (SSSR count). The quantitative estimate of drug-likeness (QED) is 0.589. The van der Waals surface area contributed by atoms with Crippen molar-refractivity contribution in [2.45, 2.75) is 26.1 Å². The van der Waals surface area contributed by atoms with E-state index in [1.165, 1.54) is 11.1 Å². The van der Waals surface area contributed by atoms with Gasteiger partial charge in [0.25, 0.3) is 0 Å². The van der Waals surface area contributed by atoms with E-state index < -0.39 is 0 Å². The zero-order chi connectivity index (χ0) is 21.5. The Morgan fingerprint density at radius 3 is 2.68 bits per heavy atom. The van der Waals surface area contributed by atoms with E-state index in [0.29, 0.717) is 6.10 Å². The van der Waals surface area contributed by atoms with Gasteiger partial charge in [0.15, 0.2) is 5.96 Å². The minimum absolute atomic E-state index is 0.320. The van der Waals surface area contributed by atoms with Gasteiger partial charge >= 0.3 is 0 Å². The molecule has 1 atom stereocenters. The summed E-state index contributed by atoms with van der Waals surface area (Å²) in [5.74, 6) is 2.02. The molecule has 1 aromatic heterocycles. The molecule has 0 saturated carbocycles. The normalized spacial score (nSPS) is 20.7. The lowest BCUT2D eigenvalue weighted by Crippen LogP contribution is -2.52. The zero-order valence-corrected chi connectivity index (χ0v) is 18.7. The monoisotopic (exact) mass is 422 g/mol. The van der Waals surface area contributed by atoms with Crippen LogP contribution in [0, 0.1) is 0 Å². The van der Waals surface area contributed by atoms with Gasteiger partial charge in [-0.15, -0.1) is 0 Å². The Balaban J connectivity index is 1.28. The van der Waals surface area contributed by atoms with Gasteiger partial charge in [-0.2, -0.15) is 0 Å². The second-order valence-electron chi connectivity index (χ2n) is 8.30. The van der Waals surface area contributed by atoms with Crippen molar-refractivity contribution in [2.24, 2.45) is 4.99 Å². The van der Waals surface area contributed by atoms with E-state index in [9.17, 15) is 0 Å². The lowest BCUT2D eigenvalue weighted by atomic mass is 10.1. The first-order chi connectivity index (χ1) is 15.2. The Hall–Kier alpha value is -2.64. The standard InChI is InChI=1S/C24H34N6O/c1-20-18-28(14-15-31-20)19-22-7-5-6-21(16-22)17-27-24(25-2)30-12-10-29(11-13-30)23-8-3-4-9-26-23/h3-9,16,20H,10-15,17-19H2,1-2H3,(H,25,27). The van der Waals surface area contributed by atoms with Gasteiger partial charge in [0.1, 0.15) is 5.82 Å². The third-order valence-electron chi connectivity index (χ3n) is 5.94. The van der Waals surface area contributed by atoms with Crippen LogP contribution in [0.4, 0.5) is 5.82 Å². The fourth-order valence-corrected chi connectivity index (χ4v) is 4.33. The molecule has 0 spiro atoms. The molecular formula is C24H34N6O. The van der Waals surface area contributed by atoms with Crippen LogP contribution >= 0.6 is 0 Å². The largest absolute Gasteiger partial charge is 0.376 e. The lowest BCUT2D eigenvalue weighted by molar-refractivity contribution is -0.0212. The summed E-state index contributed by atoms with van der Waals surface area (Å²) in [4.78, 5) is 16.1. The summed E-state index contributed by atoms with van der Waals surface area (Å²) in [6, 6.07) is 14.9. The van der Waals surface area contributed by atoms with E-state index in [1.807, 2.05) is 25.4 Å². The van der Waals surface area contributed by atoms with Crippen molar-refractivity contribution < 1.29 is 4.74 Å². The Labute approximate surface area is 185 Å². The molecule has 2 aromatic rings. The van der Waals surface area contributed by atoms with Crippen LogP contribution in [-0.4, -0.2) is 79.8 Å². The van der Waals surface area contributed by atoms with Crippen molar-refractivity contribution in [3.8, 4) is 0 Å². The minimum Gasteiger partial charge on any atom is -0.376 e. The summed E-state index contributed by atoms with van der Waals surface area (Å²) in [7, 11) is 1.86. The summed E-state index contributed by atoms with van der Waals surface area (Å²) in [6.45, 7) is 10.5. The second-order valence-corrected chi connectivity index (χ2v) is 8.30. The van der Waals surface area contributed by atoms with Crippen molar-refractivity contribution >= 4 is 11.8 Å². The molecule has 0 amide bonds. The number of hydrogen-bond donors (Lipinski definition) is 1. The maximum atomic E-state index is 5.66. The van der Waals surface area contributed by atoms with E-state index in [4.69, 9.17) is 4.74 Å². The molecule has 3 heterocycles. The summed E-state index contributed by atoms with van der Waals surface area (Å²) < 4.78 is 5.66. The van der Waals surface area contributed by atoms with Gasteiger partial charge in [-0.05, 0) is 30.2 Å². The number of ether oxygens (including phenoxy) is 1. The van der Waals surface area contributed by atoms with E-state index in [-0.39, 0.29) is 0 Å². The first-order valence-corrected chi connectivity index (χ1v) is 11.2. The number of piperazine rings is 1. The molecular weight excluding hydrogens is 388 g/mol. The molecule has 0 bridgehead atoms. The van der Waals surface area contributed by atoms with Crippen LogP contribution in [0.2, 0.25) is 0 Å². The highest BCUT2D eigenvalue weighted by Gasteiger charge is 2.20. The van der Waals surface area contributed by atoms with Crippen molar-refractivity contribution in [1.82, 2.24) is 20.1 Å². The SMILES string of the molecule is CN=C(NCc1cccc(CN2CCOC(C)C2)c1)N1CCN(c2ccccn2)CC1. The fourth-order valence-electron chi connectivity index (χ4n) is 4.33. The van der Waals surface area contributed by atoms with Gasteiger partial charge in [0.2, 0.25) is 0 Å². The minimum atomic E-state index is 0.320. The van der Waals surface area contributed by atoms with Gasteiger partial charge in [0, 0.05) is 65.6 Å². The number of anilines is 1. The zero-order valence-electron chi connectivity index (χ0n) is 18.7. The smallest absolute Gasteiger partial charge is 0.194 e. The van der Waals surface area contributed by atoms with Gasteiger partial charge in [-0.25, -0.2) is 4.98 Å². The molecule has 7 nitrogen and oxygen atoms in total. The predicted octanol–water partition coefficient (Wildman–Crippen LogP) is 2.20. The number of aromatic nitrogens is 1.